The van der Waals surface area contributed by atoms with E-state index in [0.717, 1.165) is 41.4 Å². The SMILES string of the molecule is CN=C(NCCc1ccc(F)cc1C)NCc1ccc(OCCOC)cc1. The largest absolute Gasteiger partial charge is 0.491 e. The molecule has 146 valence electrons. The second-order valence-corrected chi connectivity index (χ2v) is 6.16. The minimum absolute atomic E-state index is 0.197. The maximum absolute atomic E-state index is 13.2. The van der Waals surface area contributed by atoms with E-state index in [1.807, 2.05) is 37.3 Å². The Bertz CT molecular complexity index is 733. The van der Waals surface area contributed by atoms with E-state index in [1.54, 1.807) is 20.2 Å². The molecule has 27 heavy (non-hydrogen) atoms. The van der Waals surface area contributed by atoms with E-state index in [4.69, 9.17) is 9.47 Å². The average molecular weight is 373 g/mol. The summed E-state index contributed by atoms with van der Waals surface area (Å²) in [5.74, 6) is 1.36. The molecule has 0 saturated carbocycles. The van der Waals surface area contributed by atoms with E-state index in [9.17, 15) is 4.39 Å². The van der Waals surface area contributed by atoms with Crippen molar-refractivity contribution in [1.29, 1.82) is 0 Å². The van der Waals surface area contributed by atoms with Crippen LogP contribution in [0.3, 0.4) is 0 Å². The number of nitrogens with one attached hydrogen (secondary N) is 2. The Morgan fingerprint density at radius 3 is 2.52 bits per heavy atom. The normalized spacial score (nSPS) is 11.3. The number of rotatable bonds is 9. The van der Waals surface area contributed by atoms with Crippen molar-refractivity contribution in [3.05, 3.63) is 65.0 Å². The summed E-state index contributed by atoms with van der Waals surface area (Å²) in [6, 6.07) is 12.8. The summed E-state index contributed by atoms with van der Waals surface area (Å²) in [4.78, 5) is 4.23. The Morgan fingerprint density at radius 1 is 1.07 bits per heavy atom. The van der Waals surface area contributed by atoms with Gasteiger partial charge in [0, 0.05) is 27.2 Å². The summed E-state index contributed by atoms with van der Waals surface area (Å²) in [6.07, 6.45) is 0.806. The van der Waals surface area contributed by atoms with Crippen LogP contribution < -0.4 is 15.4 Å². The van der Waals surface area contributed by atoms with E-state index >= 15 is 0 Å². The fourth-order valence-electron chi connectivity index (χ4n) is 2.61. The van der Waals surface area contributed by atoms with Crippen LogP contribution in [0.2, 0.25) is 0 Å². The smallest absolute Gasteiger partial charge is 0.191 e. The predicted octanol–water partition coefficient (Wildman–Crippen LogP) is 3.07. The molecular formula is C21H28FN3O2. The summed E-state index contributed by atoms with van der Waals surface area (Å²) in [5.41, 5.74) is 3.22. The molecule has 0 aliphatic heterocycles. The number of hydrogen-bond donors (Lipinski definition) is 2. The van der Waals surface area contributed by atoms with Gasteiger partial charge in [-0.3, -0.25) is 4.99 Å². The van der Waals surface area contributed by atoms with Crippen molar-refractivity contribution >= 4 is 5.96 Å². The molecule has 0 aromatic heterocycles. The number of aryl methyl sites for hydroxylation is 1. The van der Waals surface area contributed by atoms with Gasteiger partial charge in [-0.25, -0.2) is 4.39 Å². The van der Waals surface area contributed by atoms with Crippen LogP contribution in [0.15, 0.2) is 47.5 Å². The highest BCUT2D eigenvalue weighted by Crippen LogP contribution is 2.12. The molecule has 6 heteroatoms. The Hall–Kier alpha value is -2.60. The zero-order valence-corrected chi connectivity index (χ0v) is 16.2. The molecular weight excluding hydrogens is 345 g/mol. The van der Waals surface area contributed by atoms with Crippen molar-refractivity contribution in [1.82, 2.24) is 10.6 Å². The minimum atomic E-state index is -0.197. The Morgan fingerprint density at radius 2 is 1.85 bits per heavy atom. The molecule has 0 amide bonds. The zero-order chi connectivity index (χ0) is 19.5. The standard InChI is InChI=1S/C21H28FN3O2/c1-16-14-19(22)7-6-18(16)10-11-24-21(23-2)25-15-17-4-8-20(9-5-17)27-13-12-26-3/h4-9,14H,10-13,15H2,1-3H3,(H2,23,24,25). The molecule has 0 aliphatic carbocycles. The molecule has 2 N–H and O–H groups in total. The molecule has 2 aromatic rings. The third-order valence-corrected chi connectivity index (χ3v) is 4.15. The van der Waals surface area contributed by atoms with Crippen LogP contribution in [0.25, 0.3) is 0 Å². The molecule has 0 unspecified atom stereocenters. The van der Waals surface area contributed by atoms with E-state index in [2.05, 4.69) is 15.6 Å². The zero-order valence-electron chi connectivity index (χ0n) is 16.2. The fourth-order valence-corrected chi connectivity index (χ4v) is 2.61. The summed E-state index contributed by atoms with van der Waals surface area (Å²) < 4.78 is 23.7. The molecule has 0 saturated heterocycles. The highest BCUT2D eigenvalue weighted by molar-refractivity contribution is 5.79. The van der Waals surface area contributed by atoms with Crippen molar-refractivity contribution in [2.45, 2.75) is 19.9 Å². The van der Waals surface area contributed by atoms with Gasteiger partial charge in [0.25, 0.3) is 0 Å². The first-order chi connectivity index (χ1) is 13.1. The van der Waals surface area contributed by atoms with E-state index in [0.29, 0.717) is 19.8 Å². The lowest BCUT2D eigenvalue weighted by molar-refractivity contribution is 0.146. The summed E-state index contributed by atoms with van der Waals surface area (Å²) in [6.45, 7) is 4.42. The van der Waals surface area contributed by atoms with Gasteiger partial charge < -0.3 is 20.1 Å². The number of guanidine groups is 1. The number of ether oxygens (including phenoxy) is 2. The van der Waals surface area contributed by atoms with Crippen molar-refractivity contribution in [2.75, 3.05) is 33.9 Å². The highest BCUT2D eigenvalue weighted by Gasteiger charge is 2.02. The number of halogens is 1. The molecule has 0 bridgehead atoms. The lowest BCUT2D eigenvalue weighted by Gasteiger charge is -2.13. The van der Waals surface area contributed by atoms with Gasteiger partial charge in [0.05, 0.1) is 6.61 Å². The number of benzene rings is 2. The predicted molar refractivity (Wildman–Crippen MR) is 107 cm³/mol. The van der Waals surface area contributed by atoms with Gasteiger partial charge in [0.15, 0.2) is 5.96 Å². The van der Waals surface area contributed by atoms with Gasteiger partial charge in [-0.05, 0) is 54.3 Å². The Labute approximate surface area is 160 Å². The van der Waals surface area contributed by atoms with Gasteiger partial charge in [-0.1, -0.05) is 18.2 Å². The third-order valence-electron chi connectivity index (χ3n) is 4.15. The van der Waals surface area contributed by atoms with Gasteiger partial charge in [0.1, 0.15) is 18.2 Å². The second-order valence-electron chi connectivity index (χ2n) is 6.16. The lowest BCUT2D eigenvalue weighted by Crippen LogP contribution is -2.37. The molecule has 0 aliphatic rings. The van der Waals surface area contributed by atoms with E-state index in [1.165, 1.54) is 6.07 Å². The van der Waals surface area contributed by atoms with Crippen molar-refractivity contribution in [2.24, 2.45) is 4.99 Å². The molecule has 0 heterocycles. The fraction of sp³-hybridized carbons (Fsp3) is 0.381. The highest BCUT2D eigenvalue weighted by atomic mass is 19.1. The van der Waals surface area contributed by atoms with Crippen molar-refractivity contribution < 1.29 is 13.9 Å². The lowest BCUT2D eigenvalue weighted by atomic mass is 10.1. The molecule has 0 atom stereocenters. The number of methoxy groups -OCH3 is 1. The molecule has 2 aromatic carbocycles. The first-order valence-electron chi connectivity index (χ1n) is 9.02. The summed E-state index contributed by atoms with van der Waals surface area (Å²) in [5, 5.41) is 6.57. The van der Waals surface area contributed by atoms with Crippen LogP contribution in [-0.2, 0) is 17.7 Å². The van der Waals surface area contributed by atoms with Crippen LogP contribution in [0.1, 0.15) is 16.7 Å². The minimum Gasteiger partial charge on any atom is -0.491 e. The average Bonchev–Trinajstić information content (AvgIpc) is 2.67. The van der Waals surface area contributed by atoms with Gasteiger partial charge >= 0.3 is 0 Å². The van der Waals surface area contributed by atoms with Crippen molar-refractivity contribution in [3.8, 4) is 5.75 Å². The number of nitrogens with zero attached hydrogens (tertiary/aromatic N) is 1. The summed E-state index contributed by atoms with van der Waals surface area (Å²) >= 11 is 0. The second kappa shape index (κ2) is 11.2. The van der Waals surface area contributed by atoms with E-state index < -0.39 is 0 Å². The van der Waals surface area contributed by atoms with E-state index in [-0.39, 0.29) is 5.82 Å². The molecule has 0 radical (unpaired) electrons. The maximum atomic E-state index is 13.2. The molecule has 5 nitrogen and oxygen atoms in total. The van der Waals surface area contributed by atoms with Crippen molar-refractivity contribution in [3.63, 3.8) is 0 Å². The first-order valence-corrected chi connectivity index (χ1v) is 9.02. The summed E-state index contributed by atoms with van der Waals surface area (Å²) in [7, 11) is 3.39. The van der Waals surface area contributed by atoms with Crippen LogP contribution >= 0.6 is 0 Å². The number of aliphatic imine (C=N–C) groups is 1. The number of hydrogen-bond acceptors (Lipinski definition) is 3. The van der Waals surface area contributed by atoms with Gasteiger partial charge in [-0.15, -0.1) is 0 Å². The topological polar surface area (TPSA) is 54.9 Å². The molecule has 0 fully saturated rings. The Kier molecular flexibility index (Phi) is 8.58. The van der Waals surface area contributed by atoms with Crippen LogP contribution in [-0.4, -0.2) is 39.9 Å². The monoisotopic (exact) mass is 373 g/mol. The van der Waals surface area contributed by atoms with Crippen LogP contribution in [0, 0.1) is 12.7 Å². The van der Waals surface area contributed by atoms with Gasteiger partial charge in [-0.2, -0.15) is 0 Å². The maximum Gasteiger partial charge on any atom is 0.191 e. The Balaban J connectivity index is 1.75. The molecule has 0 spiro atoms. The third kappa shape index (κ3) is 7.27. The van der Waals surface area contributed by atoms with Crippen LogP contribution in [0.4, 0.5) is 4.39 Å². The molecule has 2 rings (SSSR count). The quantitative estimate of drug-likeness (QED) is 0.403. The van der Waals surface area contributed by atoms with Gasteiger partial charge in [0.2, 0.25) is 0 Å². The van der Waals surface area contributed by atoms with Crippen LogP contribution in [0.5, 0.6) is 5.75 Å². The first kappa shape index (κ1) is 20.7.